The summed E-state index contributed by atoms with van der Waals surface area (Å²) < 4.78 is 0. The molecule has 9 nitrogen and oxygen atoms in total. The summed E-state index contributed by atoms with van der Waals surface area (Å²) in [4.78, 5) is 37.5. The van der Waals surface area contributed by atoms with E-state index in [1.807, 2.05) is 36.4 Å². The van der Waals surface area contributed by atoms with Crippen molar-refractivity contribution in [1.82, 2.24) is 10.3 Å². The number of carbonyl (C=O) groups is 3. The van der Waals surface area contributed by atoms with Gasteiger partial charge in [-0.2, -0.15) is 10.4 Å². The molecule has 1 atom stereocenters. The molecule has 1 fully saturated rings. The number of aldehydes is 1. The molecule has 0 saturated heterocycles. The molecule has 2 N–H and O–H groups in total. The van der Waals surface area contributed by atoms with Gasteiger partial charge in [-0.05, 0) is 61.6 Å². The second-order valence-electron chi connectivity index (χ2n) is 11.8. The Balaban J connectivity index is 0.000000923. The van der Waals surface area contributed by atoms with Gasteiger partial charge in [0.15, 0.2) is 12.0 Å². The molecule has 3 rings (SSSR count). The van der Waals surface area contributed by atoms with Gasteiger partial charge in [0.2, 0.25) is 0 Å². The zero-order chi connectivity index (χ0) is 33.9. The number of hydrazone groups is 1. The molecule has 0 radical (unpaired) electrons. The molecule has 2 aromatic rings. The Kier molecular flexibility index (Phi) is 16.9. The van der Waals surface area contributed by atoms with Gasteiger partial charge in [-0.3, -0.25) is 29.8 Å². The number of anilines is 2. The third-order valence-electron chi connectivity index (χ3n) is 8.28. The third-order valence-corrected chi connectivity index (χ3v) is 8.28. The highest BCUT2D eigenvalue weighted by molar-refractivity contribution is 6.46. The lowest BCUT2D eigenvalue weighted by molar-refractivity contribution is -0.123. The Morgan fingerprint density at radius 3 is 2.22 bits per heavy atom. The van der Waals surface area contributed by atoms with Gasteiger partial charge in [0.1, 0.15) is 6.07 Å². The first-order valence-corrected chi connectivity index (χ1v) is 16.6. The molecule has 1 aliphatic carbocycles. The minimum atomic E-state index is -0.523. The van der Waals surface area contributed by atoms with Crippen LogP contribution in [-0.2, 0) is 9.59 Å². The highest BCUT2D eigenvalue weighted by atomic mass is 16.2. The highest BCUT2D eigenvalue weighted by Crippen LogP contribution is 2.33. The number of nitrogens with zero attached hydrogens (tertiary/aromatic N) is 4. The van der Waals surface area contributed by atoms with Crippen LogP contribution in [0.4, 0.5) is 11.4 Å². The lowest BCUT2D eigenvalue weighted by Crippen LogP contribution is -2.45. The lowest BCUT2D eigenvalue weighted by Gasteiger charge is -2.30. The maximum atomic E-state index is 13.4. The molecule has 2 aromatic carbocycles. The number of unbranched alkanes of at least 4 members (excludes halogenated alkanes) is 2. The predicted octanol–water partition coefficient (Wildman–Crippen LogP) is 7.54. The Labute approximate surface area is 275 Å². The summed E-state index contributed by atoms with van der Waals surface area (Å²) in [6.07, 6.45) is 12.2. The van der Waals surface area contributed by atoms with E-state index in [9.17, 15) is 19.6 Å². The Morgan fingerprint density at radius 2 is 1.67 bits per heavy atom. The van der Waals surface area contributed by atoms with E-state index in [1.54, 1.807) is 43.4 Å². The summed E-state index contributed by atoms with van der Waals surface area (Å²) in [6, 6.07) is 17.8. The van der Waals surface area contributed by atoms with Crippen LogP contribution in [0.5, 0.6) is 0 Å². The number of hydrogen-bond acceptors (Lipinski definition) is 7. The molecule has 1 aliphatic rings. The minimum absolute atomic E-state index is 0.0940. The maximum absolute atomic E-state index is 13.4. The molecule has 1 unspecified atom stereocenters. The van der Waals surface area contributed by atoms with Crippen LogP contribution in [-0.4, -0.2) is 49.5 Å². The van der Waals surface area contributed by atoms with Gasteiger partial charge in [0, 0.05) is 31.8 Å². The first-order chi connectivity index (χ1) is 22.2. The van der Waals surface area contributed by atoms with Crippen LogP contribution < -0.4 is 15.8 Å². The van der Waals surface area contributed by atoms with Crippen molar-refractivity contribution in [2.75, 3.05) is 31.1 Å². The number of allylic oxidation sites excluding steroid dienone is 1. The SMILES string of the molecule is CCCCC(CC)CNC(=O)c1ccc(N/N=C(C(=O)N(C)N(C)c2ccccc2)/C(C)=C(/C#N)C=O)cc1.CCCCC1CC1. The van der Waals surface area contributed by atoms with Crippen LogP contribution in [0.2, 0.25) is 0 Å². The number of rotatable bonds is 17. The fraction of sp³-hybridized carbons (Fsp3) is 0.486. The van der Waals surface area contributed by atoms with E-state index in [0.29, 0.717) is 30.0 Å². The van der Waals surface area contributed by atoms with Crippen LogP contribution in [0, 0.1) is 23.2 Å². The number of nitriles is 1. The molecule has 0 bridgehead atoms. The molecule has 9 heteroatoms. The van der Waals surface area contributed by atoms with Crippen LogP contribution in [0.25, 0.3) is 0 Å². The topological polar surface area (TPSA) is 118 Å². The second kappa shape index (κ2) is 20.6. The molecule has 0 aromatic heterocycles. The number of carbonyl (C=O) groups excluding carboxylic acids is 3. The average molecular weight is 629 g/mol. The molecule has 2 amide bonds. The first kappa shape index (κ1) is 37.7. The molecular formula is C37H52N6O3. The van der Waals surface area contributed by atoms with Gasteiger partial charge >= 0.3 is 0 Å². The van der Waals surface area contributed by atoms with Gasteiger partial charge in [-0.25, -0.2) is 0 Å². The number of para-hydroxylation sites is 1. The number of hydrogen-bond donors (Lipinski definition) is 2. The molecular weight excluding hydrogens is 576 g/mol. The summed E-state index contributed by atoms with van der Waals surface area (Å²) in [7, 11) is 3.29. The van der Waals surface area contributed by atoms with Crippen molar-refractivity contribution in [3.63, 3.8) is 0 Å². The quantitative estimate of drug-likeness (QED) is 0.0615. The maximum Gasteiger partial charge on any atom is 0.292 e. The largest absolute Gasteiger partial charge is 0.352 e. The Hall–Kier alpha value is -4.45. The summed E-state index contributed by atoms with van der Waals surface area (Å²) in [5, 5.41) is 19.6. The normalized spacial score (nSPS) is 13.6. The van der Waals surface area contributed by atoms with Crippen LogP contribution in [0.15, 0.2) is 70.8 Å². The molecule has 248 valence electrons. The number of amides is 2. The van der Waals surface area contributed by atoms with Gasteiger partial charge in [0.05, 0.1) is 16.9 Å². The van der Waals surface area contributed by atoms with Crippen molar-refractivity contribution in [1.29, 1.82) is 5.26 Å². The standard InChI is InChI=1S/C30H38N6O3.C7H14/c1-6-8-12-23(7-2)20-32-29(38)24-15-17-26(18-16-24)33-34-28(22(3)25(19-31)21-37)30(39)36(5)35(4)27-13-10-9-11-14-27;1-2-3-4-7-5-6-7/h9-11,13-18,21,23,33H,6-8,12,20H2,1-5H3,(H,32,38);7H,2-6H2,1H3/b25-22-,34-28-;. The monoisotopic (exact) mass is 628 g/mol. The van der Waals surface area contributed by atoms with E-state index in [4.69, 9.17) is 0 Å². The smallest absolute Gasteiger partial charge is 0.292 e. The Morgan fingerprint density at radius 1 is 1.02 bits per heavy atom. The molecule has 0 heterocycles. The van der Waals surface area contributed by atoms with E-state index in [-0.39, 0.29) is 22.8 Å². The molecule has 1 saturated carbocycles. The number of hydrazine groups is 1. The van der Waals surface area contributed by atoms with Crippen LogP contribution in [0.3, 0.4) is 0 Å². The average Bonchev–Trinajstić information content (AvgIpc) is 3.93. The van der Waals surface area contributed by atoms with Gasteiger partial charge in [-0.1, -0.05) is 90.3 Å². The van der Waals surface area contributed by atoms with E-state index in [2.05, 4.69) is 36.6 Å². The summed E-state index contributed by atoms with van der Waals surface area (Å²) in [5.41, 5.74) is 4.48. The summed E-state index contributed by atoms with van der Waals surface area (Å²) in [5.74, 6) is 0.940. The summed E-state index contributed by atoms with van der Waals surface area (Å²) >= 11 is 0. The van der Waals surface area contributed by atoms with Crippen molar-refractivity contribution in [2.24, 2.45) is 16.9 Å². The van der Waals surface area contributed by atoms with Crippen molar-refractivity contribution < 1.29 is 14.4 Å². The summed E-state index contributed by atoms with van der Waals surface area (Å²) in [6.45, 7) is 8.70. The van der Waals surface area contributed by atoms with E-state index in [0.717, 1.165) is 37.3 Å². The first-order valence-electron chi connectivity index (χ1n) is 16.6. The third kappa shape index (κ3) is 12.5. The zero-order valence-electron chi connectivity index (χ0n) is 28.5. The Bertz CT molecular complexity index is 1340. The van der Waals surface area contributed by atoms with Crippen molar-refractivity contribution >= 4 is 35.2 Å². The number of nitrogens with one attached hydrogen (secondary N) is 2. The van der Waals surface area contributed by atoms with Crippen molar-refractivity contribution in [3.05, 3.63) is 71.3 Å². The fourth-order valence-corrected chi connectivity index (χ4v) is 4.72. The van der Waals surface area contributed by atoms with Crippen molar-refractivity contribution in [2.45, 2.75) is 85.5 Å². The minimum Gasteiger partial charge on any atom is -0.352 e. The highest BCUT2D eigenvalue weighted by Gasteiger charge is 2.24. The van der Waals surface area contributed by atoms with E-state index >= 15 is 0 Å². The van der Waals surface area contributed by atoms with Gasteiger partial charge in [0.25, 0.3) is 11.8 Å². The second-order valence-corrected chi connectivity index (χ2v) is 11.8. The predicted molar refractivity (Wildman–Crippen MR) is 187 cm³/mol. The number of benzene rings is 2. The molecule has 46 heavy (non-hydrogen) atoms. The van der Waals surface area contributed by atoms with Gasteiger partial charge < -0.3 is 5.32 Å². The van der Waals surface area contributed by atoms with E-state index < -0.39 is 5.91 Å². The molecule has 0 spiro atoms. The van der Waals surface area contributed by atoms with Gasteiger partial charge in [-0.15, -0.1) is 0 Å². The fourth-order valence-electron chi connectivity index (χ4n) is 4.72. The molecule has 0 aliphatic heterocycles. The lowest BCUT2D eigenvalue weighted by atomic mass is 9.99. The van der Waals surface area contributed by atoms with E-state index in [1.165, 1.54) is 44.0 Å². The zero-order valence-corrected chi connectivity index (χ0v) is 28.5. The van der Waals surface area contributed by atoms with Crippen LogP contribution in [0.1, 0.15) is 95.8 Å². The van der Waals surface area contributed by atoms with Crippen LogP contribution >= 0.6 is 0 Å². The van der Waals surface area contributed by atoms with Crippen molar-refractivity contribution in [3.8, 4) is 6.07 Å².